The number of anilines is 2. The van der Waals surface area contributed by atoms with Crippen molar-refractivity contribution in [1.29, 1.82) is 0 Å². The van der Waals surface area contributed by atoms with E-state index >= 15 is 0 Å². The Morgan fingerprint density at radius 3 is 2.29 bits per heavy atom. The van der Waals surface area contributed by atoms with Crippen molar-refractivity contribution in [2.45, 2.75) is 40.5 Å². The minimum Gasteiger partial charge on any atom is -0.326 e. The van der Waals surface area contributed by atoms with E-state index in [2.05, 4.69) is 22.8 Å². The molecule has 0 atom stereocenters. The smallest absolute Gasteiger partial charge is 0.234 e. The van der Waals surface area contributed by atoms with Crippen molar-refractivity contribution in [3.05, 3.63) is 58.4 Å². The molecule has 0 spiro atoms. The first kappa shape index (κ1) is 22.0. The molecule has 0 radical (unpaired) electrons. The molecule has 150 valence electrons. The van der Waals surface area contributed by atoms with E-state index in [0.29, 0.717) is 24.3 Å². The van der Waals surface area contributed by atoms with Crippen LogP contribution in [0.5, 0.6) is 0 Å². The van der Waals surface area contributed by atoms with E-state index < -0.39 is 0 Å². The van der Waals surface area contributed by atoms with E-state index in [0.717, 1.165) is 22.4 Å². The van der Waals surface area contributed by atoms with Crippen LogP contribution in [0.3, 0.4) is 0 Å². The van der Waals surface area contributed by atoms with E-state index in [9.17, 15) is 14.0 Å². The quantitative estimate of drug-likeness (QED) is 0.601. The zero-order valence-electron chi connectivity index (χ0n) is 16.8. The molecule has 0 fully saturated rings. The van der Waals surface area contributed by atoms with Crippen molar-refractivity contribution in [1.82, 2.24) is 0 Å². The number of rotatable bonds is 8. The Hall–Kier alpha value is -2.34. The van der Waals surface area contributed by atoms with E-state index in [1.54, 1.807) is 6.07 Å². The normalized spacial score (nSPS) is 10.6. The number of carbonyl (C=O) groups excluding carboxylic acids is 2. The van der Waals surface area contributed by atoms with E-state index in [4.69, 9.17) is 0 Å². The van der Waals surface area contributed by atoms with Gasteiger partial charge in [0, 0.05) is 17.8 Å². The molecule has 2 rings (SSSR count). The van der Waals surface area contributed by atoms with Crippen LogP contribution in [0.2, 0.25) is 0 Å². The largest absolute Gasteiger partial charge is 0.326 e. The zero-order valence-corrected chi connectivity index (χ0v) is 17.6. The number of amides is 2. The average Bonchev–Trinajstić information content (AvgIpc) is 2.61. The first-order valence-electron chi connectivity index (χ1n) is 9.27. The van der Waals surface area contributed by atoms with Crippen molar-refractivity contribution in [2.75, 3.05) is 22.1 Å². The van der Waals surface area contributed by atoms with Crippen molar-refractivity contribution in [3.63, 3.8) is 0 Å². The van der Waals surface area contributed by atoms with Gasteiger partial charge in [-0.25, -0.2) is 4.39 Å². The number of nitrogens with one attached hydrogen (secondary N) is 2. The maximum Gasteiger partial charge on any atom is 0.234 e. The van der Waals surface area contributed by atoms with E-state index in [1.807, 2.05) is 27.7 Å². The Morgan fingerprint density at radius 2 is 1.61 bits per heavy atom. The van der Waals surface area contributed by atoms with Crippen LogP contribution in [0.25, 0.3) is 0 Å². The van der Waals surface area contributed by atoms with Crippen LogP contribution in [0, 0.1) is 33.5 Å². The SMILES string of the molecule is Cc1cc(C)c(NC(=O)CCCSCC(=O)Nc2cc(F)ccc2C)c(C)c1. The number of hydrogen-bond acceptors (Lipinski definition) is 3. The Labute approximate surface area is 170 Å². The number of benzene rings is 2. The maximum atomic E-state index is 13.3. The molecular weight excluding hydrogens is 375 g/mol. The van der Waals surface area contributed by atoms with Gasteiger partial charge in [0.1, 0.15) is 5.82 Å². The first-order valence-corrected chi connectivity index (χ1v) is 10.4. The lowest BCUT2D eigenvalue weighted by Crippen LogP contribution is -2.16. The lowest BCUT2D eigenvalue weighted by Gasteiger charge is -2.13. The summed E-state index contributed by atoms with van der Waals surface area (Å²) in [6.45, 7) is 7.83. The number of thioether (sulfide) groups is 1. The summed E-state index contributed by atoms with van der Waals surface area (Å²) in [6, 6.07) is 8.42. The standard InChI is InChI=1S/C22H27FN2O2S/c1-14-10-16(3)22(17(4)11-14)25-20(26)6-5-9-28-13-21(27)24-19-12-18(23)8-7-15(19)2/h7-8,10-12H,5-6,9,13H2,1-4H3,(H,24,27)(H,25,26). The van der Waals surface area contributed by atoms with Gasteiger partial charge in [-0.3, -0.25) is 9.59 Å². The number of halogens is 1. The highest BCUT2D eigenvalue weighted by Crippen LogP contribution is 2.22. The molecule has 0 saturated carbocycles. The van der Waals surface area contributed by atoms with Crippen LogP contribution >= 0.6 is 11.8 Å². The summed E-state index contributed by atoms with van der Waals surface area (Å²) in [6.07, 6.45) is 1.09. The van der Waals surface area contributed by atoms with Gasteiger partial charge < -0.3 is 10.6 Å². The summed E-state index contributed by atoms with van der Waals surface area (Å²) in [5, 5.41) is 5.71. The second-order valence-electron chi connectivity index (χ2n) is 6.99. The molecule has 0 saturated heterocycles. The Morgan fingerprint density at radius 1 is 0.929 bits per heavy atom. The van der Waals surface area contributed by atoms with Crippen LogP contribution in [-0.4, -0.2) is 23.3 Å². The van der Waals surface area contributed by atoms with Crippen LogP contribution in [0.4, 0.5) is 15.8 Å². The highest BCUT2D eigenvalue weighted by molar-refractivity contribution is 7.99. The fourth-order valence-electron chi connectivity index (χ4n) is 2.99. The lowest BCUT2D eigenvalue weighted by atomic mass is 10.0. The predicted molar refractivity (Wildman–Crippen MR) is 116 cm³/mol. The molecular formula is C22H27FN2O2S. The molecule has 0 unspecified atom stereocenters. The summed E-state index contributed by atoms with van der Waals surface area (Å²) < 4.78 is 13.3. The Kier molecular flexibility index (Phi) is 8.05. The summed E-state index contributed by atoms with van der Waals surface area (Å²) in [4.78, 5) is 24.2. The van der Waals surface area contributed by atoms with Gasteiger partial charge in [0.15, 0.2) is 0 Å². The first-order chi connectivity index (χ1) is 13.3. The zero-order chi connectivity index (χ0) is 20.7. The fourth-order valence-corrected chi connectivity index (χ4v) is 3.74. The maximum absolute atomic E-state index is 13.3. The fraction of sp³-hybridized carbons (Fsp3) is 0.364. The van der Waals surface area contributed by atoms with Gasteiger partial charge in [0.2, 0.25) is 11.8 Å². The summed E-state index contributed by atoms with van der Waals surface area (Å²) in [5.41, 5.74) is 5.49. The van der Waals surface area contributed by atoms with E-state index in [-0.39, 0.29) is 23.4 Å². The molecule has 2 amide bonds. The highest BCUT2D eigenvalue weighted by atomic mass is 32.2. The molecule has 4 nitrogen and oxygen atoms in total. The van der Waals surface area contributed by atoms with Gasteiger partial charge in [-0.2, -0.15) is 11.8 Å². The topological polar surface area (TPSA) is 58.2 Å². The van der Waals surface area contributed by atoms with Crippen LogP contribution in [0.1, 0.15) is 35.1 Å². The molecule has 2 aromatic rings. The van der Waals surface area contributed by atoms with Gasteiger partial charge in [0.25, 0.3) is 0 Å². The van der Waals surface area contributed by atoms with Crippen molar-refractivity contribution < 1.29 is 14.0 Å². The second kappa shape index (κ2) is 10.3. The molecule has 0 aliphatic rings. The summed E-state index contributed by atoms with van der Waals surface area (Å²) >= 11 is 1.46. The molecule has 28 heavy (non-hydrogen) atoms. The highest BCUT2D eigenvalue weighted by Gasteiger charge is 2.09. The third-order valence-corrected chi connectivity index (χ3v) is 5.38. The molecule has 0 aliphatic carbocycles. The summed E-state index contributed by atoms with van der Waals surface area (Å²) in [7, 11) is 0. The molecule has 2 aromatic carbocycles. The molecule has 0 aliphatic heterocycles. The third-order valence-electron chi connectivity index (χ3n) is 4.34. The summed E-state index contributed by atoms with van der Waals surface area (Å²) in [5.74, 6) is 0.408. The number of hydrogen-bond donors (Lipinski definition) is 2. The third kappa shape index (κ3) is 6.68. The molecule has 0 bridgehead atoms. The number of carbonyl (C=O) groups is 2. The molecule has 2 N–H and O–H groups in total. The van der Waals surface area contributed by atoms with Gasteiger partial charge in [0.05, 0.1) is 5.75 Å². The minimum absolute atomic E-state index is 0.0181. The van der Waals surface area contributed by atoms with Crippen molar-refractivity contribution in [2.24, 2.45) is 0 Å². The van der Waals surface area contributed by atoms with Crippen LogP contribution < -0.4 is 10.6 Å². The Bertz CT molecular complexity index is 845. The second-order valence-corrected chi connectivity index (χ2v) is 8.09. The van der Waals surface area contributed by atoms with Gasteiger partial charge in [-0.1, -0.05) is 23.8 Å². The van der Waals surface area contributed by atoms with Crippen LogP contribution in [0.15, 0.2) is 30.3 Å². The molecule has 0 heterocycles. The molecule has 0 aromatic heterocycles. The monoisotopic (exact) mass is 402 g/mol. The van der Waals surface area contributed by atoms with Crippen molar-refractivity contribution >= 4 is 35.0 Å². The van der Waals surface area contributed by atoms with Gasteiger partial charge >= 0.3 is 0 Å². The van der Waals surface area contributed by atoms with Crippen molar-refractivity contribution in [3.8, 4) is 0 Å². The van der Waals surface area contributed by atoms with E-state index in [1.165, 1.54) is 29.5 Å². The number of aryl methyl sites for hydroxylation is 4. The minimum atomic E-state index is -0.376. The molecule has 6 heteroatoms. The van der Waals surface area contributed by atoms with Gasteiger partial charge in [-0.15, -0.1) is 0 Å². The lowest BCUT2D eigenvalue weighted by molar-refractivity contribution is -0.116. The predicted octanol–water partition coefficient (Wildman–Crippen LogP) is 5.15. The average molecular weight is 403 g/mol. The Balaban J connectivity index is 1.69. The van der Waals surface area contributed by atoms with Crippen LogP contribution in [-0.2, 0) is 9.59 Å². The van der Waals surface area contributed by atoms with Gasteiger partial charge in [-0.05, 0) is 68.7 Å².